The minimum Gasteiger partial charge on any atom is -0.391 e. The minimum absolute atomic E-state index is 0.543. The molecular formula is C11H8ClNOS. The van der Waals surface area contributed by atoms with Crippen LogP contribution in [0.5, 0.6) is 0 Å². The number of benzene rings is 1. The van der Waals surface area contributed by atoms with Crippen LogP contribution in [0.3, 0.4) is 0 Å². The van der Waals surface area contributed by atoms with Crippen LogP contribution in [0.2, 0.25) is 4.34 Å². The first kappa shape index (κ1) is 9.19. The van der Waals surface area contributed by atoms with Gasteiger partial charge in [-0.3, -0.25) is 0 Å². The highest BCUT2D eigenvalue weighted by atomic mass is 35.5. The molecule has 0 bridgehead atoms. The first-order valence-corrected chi connectivity index (χ1v) is 5.83. The topological polar surface area (TPSA) is 21.6 Å². The van der Waals surface area contributed by atoms with Crippen molar-refractivity contribution in [3.05, 3.63) is 33.7 Å². The Labute approximate surface area is 96.1 Å². The van der Waals surface area contributed by atoms with Crippen molar-refractivity contribution >= 4 is 38.7 Å². The molecule has 2 heterocycles. The second-order valence-corrected chi connectivity index (χ2v) is 5.19. The second-order valence-electron chi connectivity index (χ2n) is 3.51. The number of thiophene rings is 1. The van der Waals surface area contributed by atoms with Crippen LogP contribution in [0.4, 0.5) is 0 Å². The van der Waals surface area contributed by atoms with Gasteiger partial charge in [-0.25, -0.2) is 0 Å². The summed E-state index contributed by atoms with van der Waals surface area (Å²) >= 11 is 7.61. The lowest BCUT2D eigenvalue weighted by Crippen LogP contribution is -2.07. The van der Waals surface area contributed by atoms with Crippen molar-refractivity contribution in [2.75, 3.05) is 0 Å². The smallest absolute Gasteiger partial charge is 0.144 e. The zero-order valence-corrected chi connectivity index (χ0v) is 9.65. The van der Waals surface area contributed by atoms with Crippen LogP contribution in [0.1, 0.15) is 18.1 Å². The molecule has 15 heavy (non-hydrogen) atoms. The van der Waals surface area contributed by atoms with Crippen molar-refractivity contribution in [2.24, 2.45) is 5.16 Å². The Morgan fingerprint density at radius 1 is 1.47 bits per heavy atom. The first-order chi connectivity index (χ1) is 7.25. The number of halogens is 1. The van der Waals surface area contributed by atoms with Crippen LogP contribution in [-0.4, -0.2) is 5.71 Å². The third-order valence-electron chi connectivity index (χ3n) is 2.56. The van der Waals surface area contributed by atoms with Crippen molar-refractivity contribution in [1.29, 1.82) is 0 Å². The van der Waals surface area contributed by atoms with E-state index in [1.54, 1.807) is 11.3 Å². The van der Waals surface area contributed by atoms with E-state index in [4.69, 9.17) is 16.4 Å². The summed E-state index contributed by atoms with van der Waals surface area (Å²) in [6.07, 6.45) is 0. The molecule has 1 aliphatic rings. The van der Waals surface area contributed by atoms with Crippen molar-refractivity contribution in [3.63, 3.8) is 0 Å². The molecule has 4 heteroatoms. The lowest BCUT2D eigenvalue weighted by atomic mass is 10.0. The number of oxime groups is 1. The fraction of sp³-hybridized carbons (Fsp3) is 0.182. The van der Waals surface area contributed by atoms with Crippen molar-refractivity contribution in [2.45, 2.75) is 13.5 Å². The number of fused-ring (bicyclic) bond motifs is 3. The summed E-state index contributed by atoms with van der Waals surface area (Å²) < 4.78 is 2.03. The molecule has 2 nitrogen and oxygen atoms in total. The largest absolute Gasteiger partial charge is 0.391 e. The predicted octanol–water partition coefficient (Wildman–Crippen LogP) is 3.81. The third-order valence-corrected chi connectivity index (χ3v) is 3.90. The molecule has 0 spiro atoms. The van der Waals surface area contributed by atoms with E-state index in [1.165, 1.54) is 21.2 Å². The van der Waals surface area contributed by atoms with E-state index in [-0.39, 0.29) is 0 Å². The van der Waals surface area contributed by atoms with Crippen molar-refractivity contribution in [1.82, 2.24) is 0 Å². The van der Waals surface area contributed by atoms with Gasteiger partial charge in [-0.05, 0) is 18.4 Å². The molecular weight excluding hydrogens is 230 g/mol. The Kier molecular flexibility index (Phi) is 1.97. The summed E-state index contributed by atoms with van der Waals surface area (Å²) in [4.78, 5) is 5.18. The molecule has 0 unspecified atom stereocenters. The SMILES string of the molecule is CC1=NOCc2c1ccc1cc(Cl)sc21. The first-order valence-electron chi connectivity index (χ1n) is 4.63. The van der Waals surface area contributed by atoms with Crippen LogP contribution in [0.25, 0.3) is 10.1 Å². The Bertz CT molecular complexity index is 573. The van der Waals surface area contributed by atoms with E-state index in [1.807, 2.05) is 13.0 Å². The van der Waals surface area contributed by atoms with Gasteiger partial charge >= 0.3 is 0 Å². The molecule has 0 radical (unpaired) electrons. The summed E-state index contributed by atoms with van der Waals surface area (Å²) in [5.74, 6) is 0. The van der Waals surface area contributed by atoms with Gasteiger partial charge in [0.15, 0.2) is 0 Å². The summed E-state index contributed by atoms with van der Waals surface area (Å²) in [7, 11) is 0. The zero-order valence-electron chi connectivity index (χ0n) is 8.08. The van der Waals surface area contributed by atoms with Gasteiger partial charge in [0.1, 0.15) is 6.61 Å². The summed E-state index contributed by atoms with van der Waals surface area (Å²) in [6, 6.07) is 6.16. The molecule has 0 saturated heterocycles. The molecule has 76 valence electrons. The van der Waals surface area contributed by atoms with Gasteiger partial charge in [0, 0.05) is 15.8 Å². The molecule has 0 amide bonds. The van der Waals surface area contributed by atoms with E-state index >= 15 is 0 Å². The second kappa shape index (κ2) is 3.22. The van der Waals surface area contributed by atoms with E-state index in [9.17, 15) is 0 Å². The highest BCUT2D eigenvalue weighted by Gasteiger charge is 2.16. The maximum Gasteiger partial charge on any atom is 0.144 e. The fourth-order valence-corrected chi connectivity index (χ4v) is 3.12. The normalized spacial score (nSPS) is 14.7. The third kappa shape index (κ3) is 1.34. The number of rotatable bonds is 0. The Balaban J connectivity index is 2.38. The van der Waals surface area contributed by atoms with Gasteiger partial charge in [0.2, 0.25) is 0 Å². The summed E-state index contributed by atoms with van der Waals surface area (Å²) in [6.45, 7) is 2.50. The Morgan fingerprint density at radius 3 is 3.20 bits per heavy atom. The van der Waals surface area contributed by atoms with E-state index < -0.39 is 0 Å². The molecule has 2 aromatic rings. The van der Waals surface area contributed by atoms with Gasteiger partial charge in [0.25, 0.3) is 0 Å². The molecule has 0 fully saturated rings. The lowest BCUT2D eigenvalue weighted by Gasteiger charge is -2.14. The van der Waals surface area contributed by atoms with Crippen LogP contribution >= 0.6 is 22.9 Å². The average molecular weight is 238 g/mol. The highest BCUT2D eigenvalue weighted by molar-refractivity contribution is 7.22. The van der Waals surface area contributed by atoms with E-state index in [0.717, 1.165) is 10.0 Å². The van der Waals surface area contributed by atoms with Gasteiger partial charge in [0.05, 0.1) is 10.0 Å². The average Bonchev–Trinajstić information content (AvgIpc) is 2.59. The van der Waals surface area contributed by atoms with Gasteiger partial charge in [-0.15, -0.1) is 11.3 Å². The number of hydrogen-bond acceptors (Lipinski definition) is 3. The molecule has 1 aromatic carbocycles. The molecule has 1 aliphatic heterocycles. The van der Waals surface area contributed by atoms with Crippen molar-refractivity contribution in [3.8, 4) is 0 Å². The summed E-state index contributed by atoms with van der Waals surface area (Å²) in [5.41, 5.74) is 3.31. The van der Waals surface area contributed by atoms with Gasteiger partial charge in [-0.2, -0.15) is 0 Å². The molecule has 0 saturated carbocycles. The molecule has 1 aromatic heterocycles. The molecule has 0 aliphatic carbocycles. The van der Waals surface area contributed by atoms with E-state index in [2.05, 4.69) is 17.3 Å². The maximum atomic E-state index is 6.01. The van der Waals surface area contributed by atoms with Crippen molar-refractivity contribution < 1.29 is 4.84 Å². The van der Waals surface area contributed by atoms with E-state index in [0.29, 0.717) is 6.61 Å². The summed E-state index contributed by atoms with van der Waals surface area (Å²) in [5, 5.41) is 5.16. The molecule has 0 atom stereocenters. The predicted molar refractivity (Wildman–Crippen MR) is 63.8 cm³/mol. The van der Waals surface area contributed by atoms with Crippen LogP contribution in [0.15, 0.2) is 23.4 Å². The standard InChI is InChI=1S/C11H8ClNOS/c1-6-8-3-2-7-4-10(12)15-11(7)9(8)5-14-13-6/h2-4H,5H2,1H3. The zero-order chi connectivity index (χ0) is 10.4. The Morgan fingerprint density at radius 2 is 2.33 bits per heavy atom. The monoisotopic (exact) mass is 237 g/mol. The van der Waals surface area contributed by atoms with Crippen LogP contribution < -0.4 is 0 Å². The maximum absolute atomic E-state index is 6.01. The van der Waals surface area contributed by atoms with Crippen LogP contribution in [0, 0.1) is 0 Å². The Hall–Kier alpha value is -1.06. The highest BCUT2D eigenvalue weighted by Crippen LogP contribution is 2.35. The fourth-order valence-electron chi connectivity index (χ4n) is 1.85. The molecule has 0 N–H and O–H groups in total. The van der Waals surface area contributed by atoms with Gasteiger partial charge in [-0.1, -0.05) is 28.9 Å². The lowest BCUT2D eigenvalue weighted by molar-refractivity contribution is 0.127. The van der Waals surface area contributed by atoms with Crippen LogP contribution in [-0.2, 0) is 11.4 Å². The minimum atomic E-state index is 0.543. The number of hydrogen-bond donors (Lipinski definition) is 0. The number of nitrogens with zero attached hydrogens (tertiary/aromatic N) is 1. The van der Waals surface area contributed by atoms with Gasteiger partial charge < -0.3 is 4.84 Å². The quantitative estimate of drug-likeness (QED) is 0.683. The molecule has 3 rings (SSSR count).